The Morgan fingerprint density at radius 3 is 2.91 bits per heavy atom. The number of aromatic nitrogens is 1. The molecule has 1 fully saturated rings. The van der Waals surface area contributed by atoms with E-state index in [1.54, 1.807) is 11.3 Å². The third-order valence-corrected chi connectivity index (χ3v) is 5.18. The van der Waals surface area contributed by atoms with Crippen LogP contribution < -0.4 is 0 Å². The minimum absolute atomic E-state index is 0.0432. The molecule has 1 aliphatic rings. The first-order chi connectivity index (χ1) is 10.8. The topological polar surface area (TPSA) is 33.2 Å². The molecule has 1 unspecified atom stereocenters. The maximum atomic E-state index is 12.9. The molecule has 0 spiro atoms. The van der Waals surface area contributed by atoms with E-state index in [0.29, 0.717) is 5.69 Å². The number of pyridine rings is 1. The van der Waals surface area contributed by atoms with E-state index in [9.17, 15) is 4.79 Å². The van der Waals surface area contributed by atoms with Gasteiger partial charge >= 0.3 is 0 Å². The van der Waals surface area contributed by atoms with Crippen molar-refractivity contribution >= 4 is 28.1 Å². The summed E-state index contributed by atoms with van der Waals surface area (Å²) in [6, 6.07) is 16.1. The van der Waals surface area contributed by atoms with Gasteiger partial charge < -0.3 is 4.90 Å². The molecule has 1 atom stereocenters. The average molecular weight is 308 g/mol. The normalized spacial score (nSPS) is 18.0. The van der Waals surface area contributed by atoms with Crippen molar-refractivity contribution in [3.63, 3.8) is 0 Å². The molecule has 0 aliphatic carbocycles. The van der Waals surface area contributed by atoms with Crippen molar-refractivity contribution in [1.82, 2.24) is 9.88 Å². The number of hydrogen-bond acceptors (Lipinski definition) is 3. The Kier molecular flexibility index (Phi) is 3.39. The Balaban J connectivity index is 1.67. The second kappa shape index (κ2) is 5.54. The fourth-order valence-corrected chi connectivity index (χ4v) is 3.99. The fraction of sp³-hybridized carbons (Fsp3) is 0.222. The monoisotopic (exact) mass is 308 g/mol. The van der Waals surface area contributed by atoms with Crippen LogP contribution in [0.2, 0.25) is 0 Å². The van der Waals surface area contributed by atoms with Crippen LogP contribution in [0.5, 0.6) is 0 Å². The standard InChI is InChI=1S/C18H16N2OS/c21-18(15-10-9-13-5-1-2-6-14(13)19-15)20-11-3-7-16(20)17-8-4-12-22-17/h1-2,4-6,8-10,12,16H,3,7,11H2. The van der Waals surface area contributed by atoms with Crippen molar-refractivity contribution in [2.24, 2.45) is 0 Å². The molecule has 3 heterocycles. The van der Waals surface area contributed by atoms with Crippen LogP contribution in [0.3, 0.4) is 0 Å². The van der Waals surface area contributed by atoms with E-state index in [2.05, 4.69) is 22.5 Å². The fourth-order valence-electron chi connectivity index (χ4n) is 3.12. The lowest BCUT2D eigenvalue weighted by atomic mass is 10.1. The van der Waals surface area contributed by atoms with Gasteiger partial charge in [-0.25, -0.2) is 4.98 Å². The zero-order valence-corrected chi connectivity index (χ0v) is 12.9. The predicted octanol–water partition coefficient (Wildman–Crippen LogP) is 4.27. The van der Waals surface area contributed by atoms with Crippen LogP contribution in [-0.4, -0.2) is 22.3 Å². The molecular weight excluding hydrogens is 292 g/mol. The van der Waals surface area contributed by atoms with E-state index < -0.39 is 0 Å². The number of carbonyl (C=O) groups is 1. The highest BCUT2D eigenvalue weighted by Crippen LogP contribution is 2.35. The van der Waals surface area contributed by atoms with Crippen LogP contribution in [0.1, 0.15) is 34.2 Å². The minimum atomic E-state index is 0.0432. The largest absolute Gasteiger partial charge is 0.329 e. The van der Waals surface area contributed by atoms with Gasteiger partial charge in [0.15, 0.2) is 0 Å². The summed E-state index contributed by atoms with van der Waals surface area (Å²) in [4.78, 5) is 20.7. The zero-order valence-electron chi connectivity index (χ0n) is 12.1. The first kappa shape index (κ1) is 13.5. The molecule has 0 N–H and O–H groups in total. The summed E-state index contributed by atoms with van der Waals surface area (Å²) in [7, 11) is 0. The first-order valence-corrected chi connectivity index (χ1v) is 8.41. The van der Waals surface area contributed by atoms with Gasteiger partial charge in [-0.1, -0.05) is 30.3 Å². The van der Waals surface area contributed by atoms with E-state index in [0.717, 1.165) is 30.3 Å². The van der Waals surface area contributed by atoms with Crippen molar-refractivity contribution in [3.05, 3.63) is 64.5 Å². The molecule has 3 nitrogen and oxygen atoms in total. The summed E-state index contributed by atoms with van der Waals surface area (Å²) in [5.74, 6) is 0.0432. The molecule has 0 saturated carbocycles. The molecule has 0 bridgehead atoms. The third kappa shape index (κ3) is 2.29. The highest BCUT2D eigenvalue weighted by Gasteiger charge is 2.31. The number of likely N-dealkylation sites (tertiary alicyclic amines) is 1. The summed E-state index contributed by atoms with van der Waals surface area (Å²) < 4.78 is 0. The van der Waals surface area contributed by atoms with Gasteiger partial charge in [0.2, 0.25) is 0 Å². The number of fused-ring (bicyclic) bond motifs is 1. The Labute approximate surface area is 133 Å². The Bertz CT molecular complexity index is 813. The van der Waals surface area contributed by atoms with Gasteiger partial charge in [-0.3, -0.25) is 4.79 Å². The Morgan fingerprint density at radius 2 is 2.05 bits per heavy atom. The number of carbonyl (C=O) groups excluding carboxylic acids is 1. The zero-order chi connectivity index (χ0) is 14.9. The molecule has 2 aromatic heterocycles. The van der Waals surface area contributed by atoms with Crippen LogP contribution in [0.15, 0.2) is 53.9 Å². The summed E-state index contributed by atoms with van der Waals surface area (Å²) in [6.45, 7) is 0.815. The maximum absolute atomic E-state index is 12.9. The van der Waals surface area contributed by atoms with Gasteiger partial charge in [0.25, 0.3) is 5.91 Å². The molecule has 4 rings (SSSR count). The van der Waals surface area contributed by atoms with Crippen LogP contribution in [0.25, 0.3) is 10.9 Å². The van der Waals surface area contributed by atoms with Gasteiger partial charge in [0.1, 0.15) is 5.69 Å². The quantitative estimate of drug-likeness (QED) is 0.708. The van der Waals surface area contributed by atoms with Gasteiger partial charge in [0, 0.05) is 16.8 Å². The van der Waals surface area contributed by atoms with Crippen LogP contribution in [0, 0.1) is 0 Å². The molecule has 1 aromatic carbocycles. The summed E-state index contributed by atoms with van der Waals surface area (Å²) in [6.07, 6.45) is 2.10. The highest BCUT2D eigenvalue weighted by atomic mass is 32.1. The third-order valence-electron chi connectivity index (χ3n) is 4.20. The minimum Gasteiger partial charge on any atom is -0.329 e. The maximum Gasteiger partial charge on any atom is 0.273 e. The lowest BCUT2D eigenvalue weighted by Gasteiger charge is -2.23. The van der Waals surface area contributed by atoms with Crippen molar-refractivity contribution in [3.8, 4) is 0 Å². The Hall–Kier alpha value is -2.20. The molecule has 1 amide bonds. The van der Waals surface area contributed by atoms with Crippen molar-refractivity contribution in [1.29, 1.82) is 0 Å². The summed E-state index contributed by atoms with van der Waals surface area (Å²) >= 11 is 1.72. The average Bonchev–Trinajstić information content (AvgIpc) is 3.24. The lowest BCUT2D eigenvalue weighted by molar-refractivity contribution is 0.0732. The van der Waals surface area contributed by atoms with E-state index in [-0.39, 0.29) is 11.9 Å². The van der Waals surface area contributed by atoms with Crippen LogP contribution in [-0.2, 0) is 0 Å². The van der Waals surface area contributed by atoms with Crippen LogP contribution in [0.4, 0.5) is 0 Å². The highest BCUT2D eigenvalue weighted by molar-refractivity contribution is 7.10. The van der Waals surface area contributed by atoms with Gasteiger partial charge in [-0.05, 0) is 36.4 Å². The predicted molar refractivity (Wildman–Crippen MR) is 89.1 cm³/mol. The molecular formula is C18H16N2OS. The number of amides is 1. The number of rotatable bonds is 2. The molecule has 1 saturated heterocycles. The second-order valence-electron chi connectivity index (χ2n) is 5.56. The van der Waals surface area contributed by atoms with Crippen molar-refractivity contribution in [2.45, 2.75) is 18.9 Å². The summed E-state index contributed by atoms with van der Waals surface area (Å²) in [5.41, 5.74) is 1.42. The molecule has 22 heavy (non-hydrogen) atoms. The second-order valence-corrected chi connectivity index (χ2v) is 6.54. The van der Waals surface area contributed by atoms with E-state index >= 15 is 0 Å². The lowest BCUT2D eigenvalue weighted by Crippen LogP contribution is -2.30. The molecule has 1 aliphatic heterocycles. The van der Waals surface area contributed by atoms with Gasteiger partial charge in [-0.2, -0.15) is 0 Å². The number of benzene rings is 1. The van der Waals surface area contributed by atoms with Gasteiger partial charge in [-0.15, -0.1) is 11.3 Å². The van der Waals surface area contributed by atoms with Crippen molar-refractivity contribution in [2.75, 3.05) is 6.54 Å². The number of thiophene rings is 1. The SMILES string of the molecule is O=C(c1ccc2ccccc2n1)N1CCCC1c1cccs1. The number of hydrogen-bond donors (Lipinski definition) is 0. The van der Waals surface area contributed by atoms with E-state index in [1.807, 2.05) is 41.3 Å². The number of para-hydroxylation sites is 1. The van der Waals surface area contributed by atoms with Crippen LogP contribution >= 0.6 is 11.3 Å². The van der Waals surface area contributed by atoms with E-state index in [4.69, 9.17) is 0 Å². The molecule has 3 aromatic rings. The number of nitrogens with zero attached hydrogens (tertiary/aromatic N) is 2. The van der Waals surface area contributed by atoms with E-state index in [1.165, 1.54) is 4.88 Å². The van der Waals surface area contributed by atoms with Crippen molar-refractivity contribution < 1.29 is 4.79 Å². The summed E-state index contributed by atoms with van der Waals surface area (Å²) in [5, 5.41) is 3.14. The molecule has 110 valence electrons. The smallest absolute Gasteiger partial charge is 0.273 e. The molecule has 0 radical (unpaired) electrons. The Morgan fingerprint density at radius 1 is 1.14 bits per heavy atom. The first-order valence-electron chi connectivity index (χ1n) is 7.53. The van der Waals surface area contributed by atoms with Gasteiger partial charge in [0.05, 0.1) is 11.6 Å². The molecule has 4 heteroatoms.